The van der Waals surface area contributed by atoms with Crippen molar-refractivity contribution in [3.63, 3.8) is 0 Å². The van der Waals surface area contributed by atoms with Gasteiger partial charge in [-0.05, 0) is 32.0 Å². The van der Waals surface area contributed by atoms with Crippen molar-refractivity contribution >= 4 is 10.0 Å². The second-order valence-corrected chi connectivity index (χ2v) is 6.89. The molecule has 0 bridgehead atoms. The van der Waals surface area contributed by atoms with Gasteiger partial charge in [0, 0.05) is 19.1 Å². The molecule has 0 spiro atoms. The number of para-hydroxylation sites is 1. The fourth-order valence-corrected chi connectivity index (χ4v) is 4.05. The maximum absolute atomic E-state index is 12.6. The average Bonchev–Trinajstić information content (AvgIpc) is 2.46. The van der Waals surface area contributed by atoms with Gasteiger partial charge < -0.3 is 10.1 Å². The normalized spacial score (nSPS) is 20.8. The second kappa shape index (κ2) is 6.43. The van der Waals surface area contributed by atoms with Crippen LogP contribution in [-0.4, -0.2) is 45.3 Å². The molecule has 124 valence electrons. The first-order valence-electron chi connectivity index (χ1n) is 6.76. The molecule has 0 amide bonds. The average molecular weight is 338 g/mol. The molecule has 1 aliphatic heterocycles. The second-order valence-electron chi connectivity index (χ2n) is 4.99. The molecule has 1 atom stereocenters. The van der Waals surface area contributed by atoms with E-state index < -0.39 is 27.0 Å². The van der Waals surface area contributed by atoms with Crippen LogP contribution >= 0.6 is 0 Å². The fourth-order valence-electron chi connectivity index (χ4n) is 2.41. The lowest BCUT2D eigenvalue weighted by atomic mass is 10.1. The summed E-state index contributed by atoms with van der Waals surface area (Å²) in [6, 6.07) is 4.78. The van der Waals surface area contributed by atoms with E-state index in [9.17, 15) is 21.6 Å². The lowest BCUT2D eigenvalue weighted by Crippen LogP contribution is -2.46. The van der Waals surface area contributed by atoms with E-state index in [0.29, 0.717) is 6.42 Å². The van der Waals surface area contributed by atoms with Gasteiger partial charge in [0.1, 0.15) is 10.6 Å². The largest absolute Gasteiger partial charge is 0.573 e. The van der Waals surface area contributed by atoms with Gasteiger partial charge in [0.15, 0.2) is 0 Å². The highest BCUT2D eigenvalue weighted by Crippen LogP contribution is 2.32. The quantitative estimate of drug-likeness (QED) is 0.912. The van der Waals surface area contributed by atoms with Crippen LogP contribution in [0, 0.1) is 0 Å². The first-order valence-corrected chi connectivity index (χ1v) is 8.20. The van der Waals surface area contributed by atoms with E-state index in [1.54, 1.807) is 7.05 Å². The predicted octanol–water partition coefficient (Wildman–Crippen LogP) is 1.96. The van der Waals surface area contributed by atoms with E-state index in [1.807, 2.05) is 0 Å². The first kappa shape index (κ1) is 17.0. The van der Waals surface area contributed by atoms with Gasteiger partial charge in [0.2, 0.25) is 10.0 Å². The van der Waals surface area contributed by atoms with Crippen molar-refractivity contribution in [3.05, 3.63) is 24.3 Å². The zero-order chi connectivity index (χ0) is 16.4. The maximum atomic E-state index is 12.6. The van der Waals surface area contributed by atoms with Crippen LogP contribution < -0.4 is 10.1 Å². The van der Waals surface area contributed by atoms with E-state index in [1.165, 1.54) is 16.4 Å². The Kier molecular flexibility index (Phi) is 4.98. The third-order valence-electron chi connectivity index (χ3n) is 3.49. The van der Waals surface area contributed by atoms with Crippen molar-refractivity contribution in [3.8, 4) is 5.75 Å². The number of likely N-dealkylation sites (N-methyl/N-ethyl adjacent to an activating group) is 1. The lowest BCUT2D eigenvalue weighted by Gasteiger charge is -2.32. The molecule has 1 N–H and O–H groups in total. The number of rotatable bonds is 4. The Morgan fingerprint density at radius 3 is 2.64 bits per heavy atom. The number of benzene rings is 1. The lowest BCUT2D eigenvalue weighted by molar-refractivity contribution is -0.275. The van der Waals surface area contributed by atoms with Crippen molar-refractivity contribution in [2.24, 2.45) is 0 Å². The van der Waals surface area contributed by atoms with Crippen LogP contribution in [0.2, 0.25) is 0 Å². The van der Waals surface area contributed by atoms with Crippen molar-refractivity contribution in [2.75, 3.05) is 20.1 Å². The summed E-state index contributed by atoms with van der Waals surface area (Å²) in [5.74, 6) is -0.707. The number of alkyl halides is 3. The molecular formula is C13H17F3N2O3S. The standard InChI is InChI=1S/C13H17F3N2O3S/c1-17-10-5-4-8-18(9-10)22(19,20)12-7-3-2-6-11(12)21-13(14,15)16/h2-3,6-7,10,17H,4-5,8-9H2,1H3. The van der Waals surface area contributed by atoms with Crippen molar-refractivity contribution in [1.82, 2.24) is 9.62 Å². The number of ether oxygens (including phenoxy) is 1. The van der Waals surface area contributed by atoms with Crippen LogP contribution in [0.15, 0.2) is 29.2 Å². The zero-order valence-corrected chi connectivity index (χ0v) is 12.7. The van der Waals surface area contributed by atoms with E-state index in [0.717, 1.165) is 18.6 Å². The summed E-state index contributed by atoms with van der Waals surface area (Å²) >= 11 is 0. The van der Waals surface area contributed by atoms with Gasteiger partial charge in [-0.3, -0.25) is 0 Å². The van der Waals surface area contributed by atoms with Gasteiger partial charge in [0.05, 0.1) is 0 Å². The van der Waals surface area contributed by atoms with Gasteiger partial charge in [-0.2, -0.15) is 4.31 Å². The third-order valence-corrected chi connectivity index (χ3v) is 5.39. The highest BCUT2D eigenvalue weighted by molar-refractivity contribution is 7.89. The number of nitrogens with zero attached hydrogens (tertiary/aromatic N) is 1. The number of hydrogen-bond acceptors (Lipinski definition) is 4. The Morgan fingerprint density at radius 2 is 2.00 bits per heavy atom. The van der Waals surface area contributed by atoms with Crippen molar-refractivity contribution in [1.29, 1.82) is 0 Å². The molecule has 0 saturated carbocycles. The van der Waals surface area contributed by atoms with Gasteiger partial charge in [0.25, 0.3) is 0 Å². The highest BCUT2D eigenvalue weighted by atomic mass is 32.2. The first-order chi connectivity index (χ1) is 10.2. The molecule has 1 heterocycles. The Labute approximate surface area is 127 Å². The molecular weight excluding hydrogens is 321 g/mol. The number of nitrogens with one attached hydrogen (secondary N) is 1. The number of piperidine rings is 1. The molecule has 9 heteroatoms. The summed E-state index contributed by atoms with van der Waals surface area (Å²) < 4.78 is 67.5. The molecule has 0 radical (unpaired) electrons. The molecule has 5 nitrogen and oxygen atoms in total. The van der Waals surface area contributed by atoms with Gasteiger partial charge in [-0.1, -0.05) is 12.1 Å². The molecule has 2 rings (SSSR count). The van der Waals surface area contributed by atoms with Crippen LogP contribution in [-0.2, 0) is 10.0 Å². The molecule has 1 unspecified atom stereocenters. The van der Waals surface area contributed by atoms with Crippen LogP contribution in [0.5, 0.6) is 5.75 Å². The van der Waals surface area contributed by atoms with Crippen molar-refractivity contribution in [2.45, 2.75) is 30.1 Å². The highest BCUT2D eigenvalue weighted by Gasteiger charge is 2.36. The minimum atomic E-state index is -4.94. The van der Waals surface area contributed by atoms with Gasteiger partial charge >= 0.3 is 6.36 Å². The summed E-state index contributed by atoms with van der Waals surface area (Å²) in [4.78, 5) is -0.468. The maximum Gasteiger partial charge on any atom is 0.573 e. The Hall–Kier alpha value is -1.32. The van der Waals surface area contributed by atoms with E-state index >= 15 is 0 Å². The summed E-state index contributed by atoms with van der Waals surface area (Å²) in [6.07, 6.45) is -3.47. The number of halogens is 3. The smallest absolute Gasteiger partial charge is 0.404 e. The molecule has 1 aromatic rings. The summed E-state index contributed by atoms with van der Waals surface area (Å²) in [7, 11) is -2.32. The minimum Gasteiger partial charge on any atom is -0.404 e. The summed E-state index contributed by atoms with van der Waals surface area (Å²) in [5, 5.41) is 2.99. The molecule has 0 aliphatic carbocycles. The van der Waals surface area contributed by atoms with Crippen molar-refractivity contribution < 1.29 is 26.3 Å². The summed E-state index contributed by atoms with van der Waals surface area (Å²) in [5.41, 5.74) is 0. The van der Waals surface area contributed by atoms with Crippen LogP contribution in [0.25, 0.3) is 0 Å². The summed E-state index contributed by atoms with van der Waals surface area (Å²) in [6.45, 7) is 0.500. The fraction of sp³-hybridized carbons (Fsp3) is 0.538. The van der Waals surface area contributed by atoms with E-state index in [2.05, 4.69) is 10.1 Å². The Balaban J connectivity index is 2.33. The molecule has 1 fully saturated rings. The monoisotopic (exact) mass is 338 g/mol. The SMILES string of the molecule is CNC1CCCN(S(=O)(=O)c2ccccc2OC(F)(F)F)C1. The van der Waals surface area contributed by atoms with Crippen LogP contribution in [0.4, 0.5) is 13.2 Å². The number of sulfonamides is 1. The molecule has 22 heavy (non-hydrogen) atoms. The van der Waals surface area contributed by atoms with E-state index in [4.69, 9.17) is 0 Å². The van der Waals surface area contributed by atoms with Gasteiger partial charge in [-0.25, -0.2) is 8.42 Å². The van der Waals surface area contributed by atoms with Crippen LogP contribution in [0.1, 0.15) is 12.8 Å². The van der Waals surface area contributed by atoms with Gasteiger partial charge in [-0.15, -0.1) is 13.2 Å². The topological polar surface area (TPSA) is 58.6 Å². The van der Waals surface area contributed by atoms with E-state index in [-0.39, 0.29) is 19.1 Å². The van der Waals surface area contributed by atoms with Crippen LogP contribution in [0.3, 0.4) is 0 Å². The Morgan fingerprint density at radius 1 is 1.32 bits per heavy atom. The molecule has 0 aromatic heterocycles. The third kappa shape index (κ3) is 3.90. The molecule has 1 aromatic carbocycles. The predicted molar refractivity (Wildman–Crippen MR) is 74.0 cm³/mol. The molecule has 1 saturated heterocycles. The Bertz CT molecular complexity index is 619. The zero-order valence-electron chi connectivity index (χ0n) is 11.9. The minimum absolute atomic E-state index is 0.0146. The molecule has 1 aliphatic rings. The number of hydrogen-bond donors (Lipinski definition) is 1.